The average molecular weight is 186 g/mol. The SMILES string of the molecule is C[C@]12CC(=O)NC(=O)N1CCS2. The zero-order valence-electron chi connectivity index (χ0n) is 6.79. The van der Waals surface area contributed by atoms with Crippen LogP contribution < -0.4 is 5.32 Å². The summed E-state index contributed by atoms with van der Waals surface area (Å²) in [6, 6.07) is -0.237. The van der Waals surface area contributed by atoms with Crippen LogP contribution in [0.3, 0.4) is 0 Å². The Balaban J connectivity index is 2.28. The number of nitrogens with one attached hydrogen (secondary N) is 1. The Labute approximate surface area is 74.7 Å². The second-order valence-corrected chi connectivity index (χ2v) is 4.78. The third-order valence-corrected chi connectivity index (χ3v) is 3.65. The molecule has 0 aromatic carbocycles. The van der Waals surface area contributed by atoms with Gasteiger partial charge in [-0.15, -0.1) is 11.8 Å². The van der Waals surface area contributed by atoms with Crippen LogP contribution in [-0.2, 0) is 4.79 Å². The molecule has 5 heteroatoms. The Bertz CT molecular complexity index is 256. The molecule has 0 aliphatic carbocycles. The Hall–Kier alpha value is -0.710. The summed E-state index contributed by atoms with van der Waals surface area (Å²) in [5.74, 6) is 0.769. The fraction of sp³-hybridized carbons (Fsp3) is 0.714. The molecular weight excluding hydrogens is 176 g/mol. The minimum Gasteiger partial charge on any atom is -0.309 e. The topological polar surface area (TPSA) is 49.4 Å². The van der Waals surface area contributed by atoms with E-state index in [9.17, 15) is 9.59 Å². The smallest absolute Gasteiger partial charge is 0.309 e. The number of thioether (sulfide) groups is 1. The van der Waals surface area contributed by atoms with Crippen LogP contribution in [-0.4, -0.2) is 34.0 Å². The van der Waals surface area contributed by atoms with Crippen molar-refractivity contribution in [2.24, 2.45) is 0 Å². The first-order chi connectivity index (χ1) is 5.62. The Morgan fingerprint density at radius 3 is 3.08 bits per heavy atom. The average Bonchev–Trinajstić information content (AvgIpc) is 2.29. The van der Waals surface area contributed by atoms with Crippen LogP contribution in [0.1, 0.15) is 13.3 Å². The number of amides is 3. The molecule has 1 atom stereocenters. The van der Waals surface area contributed by atoms with Gasteiger partial charge in [0.25, 0.3) is 0 Å². The van der Waals surface area contributed by atoms with Gasteiger partial charge in [-0.25, -0.2) is 4.79 Å². The van der Waals surface area contributed by atoms with Gasteiger partial charge in [-0.1, -0.05) is 0 Å². The number of rotatable bonds is 0. The van der Waals surface area contributed by atoms with Crippen molar-refractivity contribution in [2.45, 2.75) is 18.2 Å². The van der Waals surface area contributed by atoms with E-state index in [1.807, 2.05) is 6.92 Å². The van der Waals surface area contributed by atoms with Crippen molar-refractivity contribution in [1.29, 1.82) is 0 Å². The minimum atomic E-state index is -0.278. The van der Waals surface area contributed by atoms with Crippen LogP contribution in [0.5, 0.6) is 0 Å². The van der Waals surface area contributed by atoms with E-state index in [1.54, 1.807) is 16.7 Å². The molecule has 66 valence electrons. The van der Waals surface area contributed by atoms with Crippen LogP contribution >= 0.6 is 11.8 Å². The summed E-state index contributed by atoms with van der Waals surface area (Å²) in [6.07, 6.45) is 0.420. The van der Waals surface area contributed by atoms with E-state index in [2.05, 4.69) is 5.32 Å². The highest BCUT2D eigenvalue weighted by atomic mass is 32.2. The van der Waals surface area contributed by atoms with Gasteiger partial charge in [0.2, 0.25) is 5.91 Å². The van der Waals surface area contributed by atoms with Crippen molar-refractivity contribution >= 4 is 23.7 Å². The lowest BCUT2D eigenvalue weighted by Crippen LogP contribution is -2.57. The molecule has 2 rings (SSSR count). The molecule has 3 amide bonds. The molecule has 2 fully saturated rings. The van der Waals surface area contributed by atoms with Crippen molar-refractivity contribution in [2.75, 3.05) is 12.3 Å². The minimum absolute atomic E-state index is 0.159. The van der Waals surface area contributed by atoms with Crippen molar-refractivity contribution < 1.29 is 9.59 Å². The first-order valence-corrected chi connectivity index (χ1v) is 4.86. The van der Waals surface area contributed by atoms with Gasteiger partial charge in [0.15, 0.2) is 0 Å². The number of imide groups is 1. The van der Waals surface area contributed by atoms with Gasteiger partial charge in [-0.05, 0) is 6.92 Å². The molecule has 0 bridgehead atoms. The van der Waals surface area contributed by atoms with Gasteiger partial charge < -0.3 is 4.90 Å². The van der Waals surface area contributed by atoms with Gasteiger partial charge in [-0.2, -0.15) is 0 Å². The van der Waals surface area contributed by atoms with E-state index < -0.39 is 0 Å². The fourth-order valence-corrected chi connectivity index (χ4v) is 2.94. The molecule has 0 unspecified atom stereocenters. The molecule has 0 saturated carbocycles. The lowest BCUT2D eigenvalue weighted by Gasteiger charge is -2.37. The highest BCUT2D eigenvalue weighted by Crippen LogP contribution is 2.39. The standard InChI is InChI=1S/C7H10N2O2S/c1-7-4-5(10)8-6(11)9(7)2-3-12-7/h2-4H2,1H3,(H,8,10,11)/t7-/m0/s1. The highest BCUT2D eigenvalue weighted by Gasteiger charge is 2.45. The van der Waals surface area contributed by atoms with E-state index >= 15 is 0 Å². The molecule has 0 aromatic rings. The number of urea groups is 1. The Morgan fingerprint density at radius 1 is 1.58 bits per heavy atom. The molecule has 2 saturated heterocycles. The molecule has 2 aliphatic rings. The molecular formula is C7H10N2O2S. The quantitative estimate of drug-likeness (QED) is 0.595. The summed E-state index contributed by atoms with van der Waals surface area (Å²) in [6.45, 7) is 2.70. The Morgan fingerprint density at radius 2 is 2.33 bits per heavy atom. The van der Waals surface area contributed by atoms with E-state index in [0.29, 0.717) is 6.42 Å². The van der Waals surface area contributed by atoms with E-state index in [1.165, 1.54) is 0 Å². The summed E-state index contributed by atoms with van der Waals surface area (Å²) in [5.41, 5.74) is 0. The maximum atomic E-state index is 11.3. The predicted octanol–water partition coefficient (Wildman–Crippen LogP) is 0.391. The number of carbonyl (C=O) groups is 2. The number of nitrogens with zero attached hydrogens (tertiary/aromatic N) is 1. The van der Waals surface area contributed by atoms with Crippen molar-refractivity contribution in [3.63, 3.8) is 0 Å². The van der Waals surface area contributed by atoms with E-state index in [-0.39, 0.29) is 16.8 Å². The van der Waals surface area contributed by atoms with Gasteiger partial charge in [0.1, 0.15) is 0 Å². The van der Waals surface area contributed by atoms with Crippen molar-refractivity contribution in [1.82, 2.24) is 10.2 Å². The molecule has 12 heavy (non-hydrogen) atoms. The monoisotopic (exact) mass is 186 g/mol. The number of fused-ring (bicyclic) bond motifs is 1. The molecule has 4 nitrogen and oxygen atoms in total. The number of hydrogen-bond acceptors (Lipinski definition) is 3. The summed E-state index contributed by atoms with van der Waals surface area (Å²) < 4.78 is 0. The number of hydrogen-bond donors (Lipinski definition) is 1. The van der Waals surface area contributed by atoms with Crippen molar-refractivity contribution in [3.8, 4) is 0 Å². The summed E-state index contributed by atoms with van der Waals surface area (Å²) in [7, 11) is 0. The van der Waals surface area contributed by atoms with Gasteiger partial charge in [0, 0.05) is 12.3 Å². The zero-order valence-corrected chi connectivity index (χ0v) is 7.61. The zero-order chi connectivity index (χ0) is 8.77. The van der Waals surface area contributed by atoms with Gasteiger partial charge >= 0.3 is 6.03 Å². The highest BCUT2D eigenvalue weighted by molar-refractivity contribution is 8.00. The molecule has 0 aromatic heterocycles. The first-order valence-electron chi connectivity index (χ1n) is 3.87. The molecule has 0 radical (unpaired) electrons. The van der Waals surface area contributed by atoms with Gasteiger partial charge in [-0.3, -0.25) is 10.1 Å². The van der Waals surface area contributed by atoms with Crippen LogP contribution in [0.15, 0.2) is 0 Å². The maximum absolute atomic E-state index is 11.3. The molecule has 2 aliphatic heterocycles. The summed E-state index contributed by atoms with van der Waals surface area (Å²) in [5, 5.41) is 2.31. The molecule has 0 spiro atoms. The maximum Gasteiger partial charge on any atom is 0.325 e. The van der Waals surface area contributed by atoms with Crippen LogP contribution in [0.2, 0.25) is 0 Å². The van der Waals surface area contributed by atoms with Crippen LogP contribution in [0, 0.1) is 0 Å². The van der Waals surface area contributed by atoms with Gasteiger partial charge in [0.05, 0.1) is 11.3 Å². The molecule has 2 heterocycles. The second-order valence-electron chi connectivity index (χ2n) is 3.21. The fourth-order valence-electron chi connectivity index (χ4n) is 1.66. The lowest BCUT2D eigenvalue weighted by molar-refractivity contribution is -0.122. The largest absolute Gasteiger partial charge is 0.325 e. The summed E-state index contributed by atoms with van der Waals surface area (Å²) in [4.78, 5) is 23.8. The van der Waals surface area contributed by atoms with Crippen molar-refractivity contribution in [3.05, 3.63) is 0 Å². The second kappa shape index (κ2) is 2.39. The third-order valence-electron chi connectivity index (χ3n) is 2.28. The van der Waals surface area contributed by atoms with E-state index in [0.717, 1.165) is 12.3 Å². The molecule has 1 N–H and O–H groups in total. The van der Waals surface area contributed by atoms with E-state index in [4.69, 9.17) is 0 Å². The number of carbonyl (C=O) groups excluding carboxylic acids is 2. The Kier molecular flexibility index (Phi) is 1.57. The van der Waals surface area contributed by atoms with Crippen LogP contribution in [0.4, 0.5) is 4.79 Å². The summed E-state index contributed by atoms with van der Waals surface area (Å²) >= 11 is 1.68. The normalized spacial score (nSPS) is 34.9. The predicted molar refractivity (Wildman–Crippen MR) is 45.7 cm³/mol. The lowest BCUT2D eigenvalue weighted by atomic mass is 10.1. The van der Waals surface area contributed by atoms with Crippen LogP contribution in [0.25, 0.3) is 0 Å². The first kappa shape index (κ1) is 7.91. The third kappa shape index (κ3) is 0.998.